The molecule has 0 unspecified atom stereocenters. The van der Waals surface area contributed by atoms with Gasteiger partial charge in [0.05, 0.1) is 17.4 Å². The molecule has 7 nitrogen and oxygen atoms in total. The van der Waals surface area contributed by atoms with Gasteiger partial charge in [0.15, 0.2) is 0 Å². The van der Waals surface area contributed by atoms with Crippen molar-refractivity contribution in [2.45, 2.75) is 18.8 Å². The van der Waals surface area contributed by atoms with Crippen LogP contribution in [0, 0.1) is 18.8 Å². The van der Waals surface area contributed by atoms with Crippen LogP contribution in [0.5, 0.6) is 0 Å². The third-order valence-electron chi connectivity index (χ3n) is 7.60. The number of aromatic carboxylic acids is 1. The Morgan fingerprint density at radius 3 is 1.77 bits per heavy atom. The Hall–Kier alpha value is -4.26. The predicted octanol–water partition coefficient (Wildman–Crippen LogP) is 3.52. The van der Waals surface area contributed by atoms with E-state index in [9.17, 15) is 24.3 Å². The van der Waals surface area contributed by atoms with Crippen molar-refractivity contribution in [1.29, 1.82) is 0 Å². The molecule has 174 valence electrons. The third-order valence-corrected chi connectivity index (χ3v) is 7.60. The molecule has 1 heterocycles. The standard InChI is InChI=1S/C28H22N2O5/c1-14-10-11-15(28(34)35)12-20(14)29-21(31)13-30-26(32)24-22-16-6-2-3-7-17(16)23(25(24)27(30)33)19-9-5-4-8-18(19)22/h2-12,22-25H,13H2,1H3,(H,29,31)(H,34,35)/t22?,23?,24-,25+. The van der Waals surface area contributed by atoms with E-state index in [-0.39, 0.29) is 29.2 Å². The van der Waals surface area contributed by atoms with Crippen LogP contribution in [0.3, 0.4) is 0 Å². The number of carbonyl (C=O) groups is 4. The van der Waals surface area contributed by atoms with Gasteiger partial charge in [-0.2, -0.15) is 0 Å². The van der Waals surface area contributed by atoms with Gasteiger partial charge in [0.2, 0.25) is 17.7 Å². The van der Waals surface area contributed by atoms with Crippen molar-refractivity contribution in [3.05, 3.63) is 100 Å². The van der Waals surface area contributed by atoms with Gasteiger partial charge >= 0.3 is 5.97 Å². The number of nitrogens with one attached hydrogen (secondary N) is 1. The first-order chi connectivity index (χ1) is 16.9. The minimum Gasteiger partial charge on any atom is -0.478 e. The number of benzene rings is 3. The molecule has 3 aliphatic carbocycles. The van der Waals surface area contributed by atoms with E-state index in [1.54, 1.807) is 13.0 Å². The first-order valence-electron chi connectivity index (χ1n) is 11.5. The lowest BCUT2D eigenvalue weighted by Gasteiger charge is -2.45. The van der Waals surface area contributed by atoms with Gasteiger partial charge in [-0.05, 0) is 46.9 Å². The highest BCUT2D eigenvalue weighted by atomic mass is 16.4. The van der Waals surface area contributed by atoms with Crippen LogP contribution in [0.25, 0.3) is 0 Å². The normalized spacial score (nSPS) is 23.5. The van der Waals surface area contributed by atoms with E-state index in [2.05, 4.69) is 5.32 Å². The Morgan fingerprint density at radius 2 is 1.31 bits per heavy atom. The number of hydrogen-bond acceptors (Lipinski definition) is 4. The van der Waals surface area contributed by atoms with E-state index in [1.807, 2.05) is 48.5 Å². The summed E-state index contributed by atoms with van der Waals surface area (Å²) in [5.41, 5.74) is 5.36. The number of rotatable bonds is 4. The molecule has 1 saturated heterocycles. The molecular weight excluding hydrogens is 444 g/mol. The zero-order chi connectivity index (χ0) is 24.4. The molecule has 2 atom stereocenters. The summed E-state index contributed by atoms with van der Waals surface area (Å²) in [6.07, 6.45) is 0. The van der Waals surface area contributed by atoms with Crippen LogP contribution < -0.4 is 5.32 Å². The van der Waals surface area contributed by atoms with Crippen LogP contribution in [-0.4, -0.2) is 40.2 Å². The molecule has 1 aliphatic heterocycles. The van der Waals surface area contributed by atoms with E-state index in [4.69, 9.17) is 0 Å². The Kier molecular flexibility index (Phi) is 4.64. The van der Waals surface area contributed by atoms with Crippen molar-refractivity contribution in [2.24, 2.45) is 11.8 Å². The number of hydrogen-bond donors (Lipinski definition) is 2. The number of anilines is 1. The first kappa shape index (κ1) is 21.3. The molecule has 3 amide bonds. The molecule has 7 heteroatoms. The molecule has 3 aromatic carbocycles. The number of carbonyl (C=O) groups excluding carboxylic acids is 3. The van der Waals surface area contributed by atoms with E-state index < -0.39 is 30.3 Å². The van der Waals surface area contributed by atoms with E-state index in [0.717, 1.165) is 27.2 Å². The van der Waals surface area contributed by atoms with Crippen LogP contribution in [0.4, 0.5) is 5.69 Å². The fourth-order valence-corrected chi connectivity index (χ4v) is 6.12. The number of aryl methyl sites for hydroxylation is 1. The number of imide groups is 1. The lowest BCUT2D eigenvalue weighted by atomic mass is 9.55. The molecule has 0 aromatic heterocycles. The summed E-state index contributed by atoms with van der Waals surface area (Å²) in [4.78, 5) is 52.5. The third kappa shape index (κ3) is 3.04. The molecule has 3 aromatic rings. The van der Waals surface area contributed by atoms with Gasteiger partial charge in [0, 0.05) is 17.5 Å². The average molecular weight is 466 g/mol. The molecule has 1 fully saturated rings. The van der Waals surface area contributed by atoms with Gasteiger partial charge < -0.3 is 10.4 Å². The number of amides is 3. The first-order valence-corrected chi connectivity index (χ1v) is 11.5. The van der Waals surface area contributed by atoms with Gasteiger partial charge in [0.25, 0.3) is 0 Å². The highest BCUT2D eigenvalue weighted by molar-refractivity contribution is 6.10. The second-order valence-corrected chi connectivity index (χ2v) is 9.41. The van der Waals surface area contributed by atoms with Gasteiger partial charge in [-0.1, -0.05) is 54.6 Å². The van der Waals surface area contributed by atoms with Crippen molar-refractivity contribution < 1.29 is 24.3 Å². The maximum Gasteiger partial charge on any atom is 0.335 e. The van der Waals surface area contributed by atoms with E-state index >= 15 is 0 Å². The molecule has 0 radical (unpaired) electrons. The summed E-state index contributed by atoms with van der Waals surface area (Å²) in [6, 6.07) is 20.4. The van der Waals surface area contributed by atoms with E-state index in [0.29, 0.717) is 11.3 Å². The minimum atomic E-state index is -1.11. The molecule has 2 N–H and O–H groups in total. The summed E-state index contributed by atoms with van der Waals surface area (Å²) in [5.74, 6) is -3.84. The molecular formula is C28H22N2O5. The zero-order valence-corrected chi connectivity index (χ0v) is 18.9. The maximum absolute atomic E-state index is 13.6. The summed E-state index contributed by atoms with van der Waals surface area (Å²) >= 11 is 0. The highest BCUT2D eigenvalue weighted by Gasteiger charge is 2.61. The largest absolute Gasteiger partial charge is 0.478 e. The van der Waals surface area contributed by atoms with Crippen LogP contribution >= 0.6 is 0 Å². The smallest absolute Gasteiger partial charge is 0.335 e. The Bertz CT molecular complexity index is 1330. The quantitative estimate of drug-likeness (QED) is 0.573. The van der Waals surface area contributed by atoms with Crippen LogP contribution in [0.1, 0.15) is 50.0 Å². The van der Waals surface area contributed by atoms with Gasteiger partial charge in [-0.25, -0.2) is 4.79 Å². The van der Waals surface area contributed by atoms with E-state index in [1.165, 1.54) is 12.1 Å². The average Bonchev–Trinajstić information content (AvgIpc) is 3.10. The lowest BCUT2D eigenvalue weighted by molar-refractivity contribution is -0.142. The summed E-state index contributed by atoms with van der Waals surface area (Å²) in [6.45, 7) is 1.33. The lowest BCUT2D eigenvalue weighted by Crippen LogP contribution is -2.41. The summed E-state index contributed by atoms with van der Waals surface area (Å²) < 4.78 is 0. The second kappa shape index (κ2) is 7.63. The van der Waals surface area contributed by atoms with Gasteiger partial charge in [-0.15, -0.1) is 0 Å². The minimum absolute atomic E-state index is 0.0392. The highest BCUT2D eigenvalue weighted by Crippen LogP contribution is 2.60. The van der Waals surface area contributed by atoms with Crippen molar-refractivity contribution in [1.82, 2.24) is 4.90 Å². The summed E-state index contributed by atoms with van der Waals surface area (Å²) in [7, 11) is 0. The van der Waals surface area contributed by atoms with Gasteiger partial charge in [0.1, 0.15) is 6.54 Å². The van der Waals surface area contributed by atoms with Crippen molar-refractivity contribution >= 4 is 29.4 Å². The molecule has 4 aliphatic rings. The second-order valence-electron chi connectivity index (χ2n) is 9.41. The van der Waals surface area contributed by atoms with Crippen molar-refractivity contribution in [2.75, 3.05) is 11.9 Å². The SMILES string of the molecule is Cc1ccc(C(=O)O)cc1NC(=O)CN1C(=O)[C@@H]2C3c4ccccc4C(c4ccccc43)[C@@H]2C1=O. The van der Waals surface area contributed by atoms with Crippen LogP contribution in [0.15, 0.2) is 66.7 Å². The Morgan fingerprint density at radius 1 is 0.829 bits per heavy atom. The van der Waals surface area contributed by atoms with Crippen LogP contribution in [-0.2, 0) is 14.4 Å². The van der Waals surface area contributed by atoms with Gasteiger partial charge in [-0.3, -0.25) is 19.3 Å². The van der Waals surface area contributed by atoms with Crippen molar-refractivity contribution in [3.63, 3.8) is 0 Å². The maximum atomic E-state index is 13.6. The molecule has 7 rings (SSSR count). The molecule has 35 heavy (non-hydrogen) atoms. The molecule has 2 bridgehead atoms. The topological polar surface area (TPSA) is 104 Å². The fourth-order valence-electron chi connectivity index (χ4n) is 6.12. The fraction of sp³-hybridized carbons (Fsp3) is 0.214. The molecule has 0 saturated carbocycles. The number of nitrogens with zero attached hydrogens (tertiary/aromatic N) is 1. The predicted molar refractivity (Wildman–Crippen MR) is 127 cm³/mol. The number of carboxylic acids is 1. The summed E-state index contributed by atoms with van der Waals surface area (Å²) in [5, 5.41) is 11.9. The zero-order valence-electron chi connectivity index (χ0n) is 18.9. The molecule has 0 spiro atoms. The Balaban J connectivity index is 1.32. The number of carboxylic acid groups (broad SMARTS) is 1. The van der Waals surface area contributed by atoms with Crippen molar-refractivity contribution in [3.8, 4) is 0 Å². The monoisotopic (exact) mass is 466 g/mol. The van der Waals surface area contributed by atoms with Crippen LogP contribution in [0.2, 0.25) is 0 Å². The number of likely N-dealkylation sites (tertiary alicyclic amines) is 1. The Labute approximate surface area is 201 Å².